The number of carbonyl (C=O) groups excluding carboxylic acids is 2. The number of carbonyl (C=O) groups is 2. The third-order valence-electron chi connectivity index (χ3n) is 7.48. The third kappa shape index (κ3) is 6.95. The molecule has 0 saturated carbocycles. The first-order valence-corrected chi connectivity index (χ1v) is 14.0. The molecule has 0 fully saturated rings. The van der Waals surface area contributed by atoms with Crippen molar-refractivity contribution in [3.8, 4) is 0 Å². The Bertz CT molecular complexity index is 1310. The quantitative estimate of drug-likeness (QED) is 0.233. The second-order valence-corrected chi connectivity index (χ2v) is 10.2. The molecule has 4 rings (SSSR count). The van der Waals surface area contributed by atoms with Gasteiger partial charge in [-0.25, -0.2) is 0 Å². The van der Waals surface area contributed by atoms with E-state index in [1.165, 1.54) is 5.56 Å². The molecule has 0 bridgehead atoms. The van der Waals surface area contributed by atoms with Gasteiger partial charge in [0.15, 0.2) is 0 Å². The Morgan fingerprint density at radius 2 is 1.64 bits per heavy atom. The lowest BCUT2D eigenvalue weighted by atomic mass is 9.98. The summed E-state index contributed by atoms with van der Waals surface area (Å²) >= 11 is 0. The molecule has 204 valence electrons. The fourth-order valence-corrected chi connectivity index (χ4v) is 4.72. The standard InChI is InChI=1S/C33H40N4O2/c1-5-23(4)19-20-34-32(38)26-15-18-29-28(21-26)30(33(39)36-29)31(25-11-9-8-10-12-25)35-27-16-13-24(14-17-27)22-37(6-2)7-3/h8-18,21,23,35H,5-7,19-20,22H2,1-4H3,(H,34,38)(H,36,39)/b31-30-. The van der Waals surface area contributed by atoms with Crippen LogP contribution in [0, 0.1) is 5.92 Å². The van der Waals surface area contributed by atoms with Gasteiger partial charge in [-0.15, -0.1) is 0 Å². The number of hydrogen-bond acceptors (Lipinski definition) is 4. The van der Waals surface area contributed by atoms with Crippen molar-refractivity contribution in [2.75, 3.05) is 30.3 Å². The van der Waals surface area contributed by atoms with Gasteiger partial charge in [-0.2, -0.15) is 0 Å². The molecule has 3 aromatic rings. The van der Waals surface area contributed by atoms with E-state index in [0.717, 1.165) is 49.3 Å². The first-order chi connectivity index (χ1) is 18.9. The van der Waals surface area contributed by atoms with Crippen LogP contribution >= 0.6 is 0 Å². The van der Waals surface area contributed by atoms with Gasteiger partial charge in [-0.3, -0.25) is 14.5 Å². The summed E-state index contributed by atoms with van der Waals surface area (Å²) in [5, 5.41) is 9.54. The molecule has 39 heavy (non-hydrogen) atoms. The van der Waals surface area contributed by atoms with E-state index in [1.54, 1.807) is 6.07 Å². The fourth-order valence-electron chi connectivity index (χ4n) is 4.72. The van der Waals surface area contributed by atoms with E-state index in [9.17, 15) is 9.59 Å². The van der Waals surface area contributed by atoms with Gasteiger partial charge < -0.3 is 16.0 Å². The van der Waals surface area contributed by atoms with Crippen LogP contribution in [0.15, 0.2) is 72.8 Å². The van der Waals surface area contributed by atoms with Crippen molar-refractivity contribution in [3.63, 3.8) is 0 Å². The molecule has 0 aromatic heterocycles. The molecule has 2 amide bonds. The molecule has 6 heteroatoms. The molecular weight excluding hydrogens is 484 g/mol. The molecule has 1 aliphatic heterocycles. The van der Waals surface area contributed by atoms with Crippen LogP contribution in [0.2, 0.25) is 0 Å². The summed E-state index contributed by atoms with van der Waals surface area (Å²) in [4.78, 5) is 28.6. The van der Waals surface area contributed by atoms with Gasteiger partial charge in [-0.05, 0) is 66.9 Å². The number of fused-ring (bicyclic) bond motifs is 1. The Balaban J connectivity index is 1.66. The smallest absolute Gasteiger partial charge is 0.258 e. The van der Waals surface area contributed by atoms with E-state index in [-0.39, 0.29) is 11.8 Å². The molecule has 3 N–H and O–H groups in total. The minimum absolute atomic E-state index is 0.127. The van der Waals surface area contributed by atoms with Crippen LogP contribution in [0.5, 0.6) is 0 Å². The zero-order chi connectivity index (χ0) is 27.8. The Morgan fingerprint density at radius 1 is 0.923 bits per heavy atom. The predicted octanol–water partition coefficient (Wildman–Crippen LogP) is 6.63. The average molecular weight is 525 g/mol. The molecule has 6 nitrogen and oxygen atoms in total. The van der Waals surface area contributed by atoms with Crippen LogP contribution in [-0.4, -0.2) is 36.3 Å². The van der Waals surface area contributed by atoms with Gasteiger partial charge >= 0.3 is 0 Å². The summed E-state index contributed by atoms with van der Waals surface area (Å²) < 4.78 is 0. The molecular formula is C33H40N4O2. The van der Waals surface area contributed by atoms with E-state index in [2.05, 4.69) is 72.8 Å². The van der Waals surface area contributed by atoms with Crippen LogP contribution < -0.4 is 16.0 Å². The number of rotatable bonds is 12. The molecule has 0 radical (unpaired) electrons. The highest BCUT2D eigenvalue weighted by Gasteiger charge is 2.29. The Kier molecular flexibility index (Phi) is 9.55. The first-order valence-electron chi connectivity index (χ1n) is 14.0. The molecule has 1 unspecified atom stereocenters. The number of benzene rings is 3. The summed E-state index contributed by atoms with van der Waals surface area (Å²) in [6.45, 7) is 12.2. The van der Waals surface area contributed by atoms with Gasteiger partial charge in [0.2, 0.25) is 0 Å². The summed E-state index contributed by atoms with van der Waals surface area (Å²) in [6.07, 6.45) is 2.03. The fraction of sp³-hybridized carbons (Fsp3) is 0.333. The zero-order valence-electron chi connectivity index (χ0n) is 23.5. The normalized spacial score (nSPS) is 14.5. The van der Waals surface area contributed by atoms with Crippen LogP contribution in [0.1, 0.15) is 67.6 Å². The highest BCUT2D eigenvalue weighted by Crippen LogP contribution is 2.38. The van der Waals surface area contributed by atoms with Crippen molar-refractivity contribution in [1.82, 2.24) is 10.2 Å². The third-order valence-corrected chi connectivity index (χ3v) is 7.48. The minimum atomic E-state index is -0.191. The molecule has 0 spiro atoms. The number of nitrogens with one attached hydrogen (secondary N) is 3. The largest absolute Gasteiger partial charge is 0.354 e. The molecule has 1 atom stereocenters. The van der Waals surface area contributed by atoms with Crippen molar-refractivity contribution in [3.05, 3.63) is 95.1 Å². The van der Waals surface area contributed by atoms with Gasteiger partial charge in [0.05, 0.1) is 11.3 Å². The molecule has 1 heterocycles. The Morgan fingerprint density at radius 3 is 2.31 bits per heavy atom. The molecule has 1 aliphatic rings. The lowest BCUT2D eigenvalue weighted by Crippen LogP contribution is -2.25. The average Bonchev–Trinajstić information content (AvgIpc) is 3.30. The highest BCUT2D eigenvalue weighted by atomic mass is 16.2. The molecule has 0 aliphatic carbocycles. The van der Waals surface area contributed by atoms with Gasteiger partial charge in [-0.1, -0.05) is 76.6 Å². The lowest BCUT2D eigenvalue weighted by molar-refractivity contribution is -0.110. The van der Waals surface area contributed by atoms with Crippen LogP contribution in [0.3, 0.4) is 0 Å². The Labute approximate surface area is 232 Å². The summed E-state index contributed by atoms with van der Waals surface area (Å²) in [6, 6.07) is 23.6. The SMILES string of the molecule is CCC(C)CCNC(=O)c1ccc2c(c1)/C(=C(/Nc1ccc(CN(CC)CC)cc1)c1ccccc1)C(=O)N2. The van der Waals surface area contributed by atoms with Crippen molar-refractivity contribution in [2.24, 2.45) is 5.92 Å². The van der Waals surface area contributed by atoms with Gasteiger partial charge in [0.25, 0.3) is 11.8 Å². The van der Waals surface area contributed by atoms with Gasteiger partial charge in [0.1, 0.15) is 0 Å². The Hall–Kier alpha value is -3.90. The van der Waals surface area contributed by atoms with E-state index in [4.69, 9.17) is 0 Å². The summed E-state index contributed by atoms with van der Waals surface area (Å²) in [7, 11) is 0. The second kappa shape index (κ2) is 13.3. The van der Waals surface area contributed by atoms with E-state index < -0.39 is 0 Å². The van der Waals surface area contributed by atoms with E-state index in [1.807, 2.05) is 42.5 Å². The zero-order valence-corrected chi connectivity index (χ0v) is 23.5. The molecule has 3 aromatic carbocycles. The highest BCUT2D eigenvalue weighted by molar-refractivity contribution is 6.37. The summed E-state index contributed by atoms with van der Waals surface area (Å²) in [5.41, 5.74) is 6.23. The maximum Gasteiger partial charge on any atom is 0.258 e. The van der Waals surface area contributed by atoms with Crippen molar-refractivity contribution in [2.45, 2.75) is 47.1 Å². The van der Waals surface area contributed by atoms with Gasteiger partial charge in [0, 0.05) is 35.6 Å². The first kappa shape index (κ1) is 28.1. The topological polar surface area (TPSA) is 73.5 Å². The maximum absolute atomic E-state index is 13.3. The minimum Gasteiger partial charge on any atom is -0.354 e. The monoisotopic (exact) mass is 524 g/mol. The predicted molar refractivity (Wildman–Crippen MR) is 161 cm³/mol. The number of nitrogens with zero attached hydrogens (tertiary/aromatic N) is 1. The number of amides is 2. The number of anilines is 2. The van der Waals surface area contributed by atoms with Crippen LogP contribution in [0.25, 0.3) is 11.3 Å². The van der Waals surface area contributed by atoms with Crippen LogP contribution in [-0.2, 0) is 11.3 Å². The number of hydrogen-bond donors (Lipinski definition) is 3. The summed E-state index contributed by atoms with van der Waals surface area (Å²) in [5.74, 6) is 0.245. The maximum atomic E-state index is 13.3. The van der Waals surface area contributed by atoms with E-state index >= 15 is 0 Å². The van der Waals surface area contributed by atoms with Crippen molar-refractivity contribution >= 4 is 34.5 Å². The molecule has 0 saturated heterocycles. The lowest BCUT2D eigenvalue weighted by Gasteiger charge is -2.19. The van der Waals surface area contributed by atoms with Crippen molar-refractivity contribution in [1.29, 1.82) is 0 Å². The second-order valence-electron chi connectivity index (χ2n) is 10.2. The van der Waals surface area contributed by atoms with E-state index in [0.29, 0.717) is 35.0 Å². The van der Waals surface area contributed by atoms with Crippen LogP contribution in [0.4, 0.5) is 11.4 Å². The van der Waals surface area contributed by atoms with Crippen molar-refractivity contribution < 1.29 is 9.59 Å².